The number of aryl methyl sites for hydroxylation is 1. The number of anilines is 1. The first-order chi connectivity index (χ1) is 22.5. The van der Waals surface area contributed by atoms with Crippen LogP contribution >= 0.6 is 0 Å². The molecule has 1 aliphatic carbocycles. The molecule has 1 N–H and O–H groups in total. The second-order valence-corrected chi connectivity index (χ2v) is 12.9. The van der Waals surface area contributed by atoms with E-state index in [4.69, 9.17) is 32.5 Å². The number of carbonyl (C=O) groups excluding carboxylic acids is 4. The second-order valence-electron chi connectivity index (χ2n) is 12.9. The molecule has 0 aromatic carbocycles. The molecule has 3 atom stereocenters. The molecule has 18 heteroatoms. The van der Waals surface area contributed by atoms with Crippen LogP contribution in [0.1, 0.15) is 71.9 Å². The molecule has 1 amide bonds. The van der Waals surface area contributed by atoms with Gasteiger partial charge in [0.1, 0.15) is 23.9 Å². The molecule has 260 valence electrons. The molecular formula is C30H36FN5O12. The van der Waals surface area contributed by atoms with Crippen LogP contribution in [0.5, 0.6) is 0 Å². The van der Waals surface area contributed by atoms with E-state index in [2.05, 4.69) is 20.3 Å². The molecule has 2 fully saturated rings. The van der Waals surface area contributed by atoms with Crippen LogP contribution in [0.2, 0.25) is 0 Å². The molecule has 0 spiro atoms. The van der Waals surface area contributed by atoms with E-state index < -0.39 is 71.1 Å². The Kier molecular flexibility index (Phi) is 9.07. The lowest BCUT2D eigenvalue weighted by Crippen LogP contribution is -2.38. The van der Waals surface area contributed by atoms with Crippen LogP contribution in [0.15, 0.2) is 20.0 Å². The molecule has 1 saturated carbocycles. The zero-order valence-electron chi connectivity index (χ0n) is 27.4. The normalized spacial score (nSPS) is 21.7. The minimum Gasteiger partial charge on any atom is -0.462 e. The fourth-order valence-corrected chi connectivity index (χ4v) is 5.38. The van der Waals surface area contributed by atoms with Gasteiger partial charge in [-0.2, -0.15) is 14.4 Å². The Hall–Kier alpha value is -4.87. The quantitative estimate of drug-likeness (QED) is 0.166. The van der Waals surface area contributed by atoms with E-state index >= 15 is 0 Å². The highest BCUT2D eigenvalue weighted by atomic mass is 19.1. The number of rotatable bonds is 12. The molecular weight excluding hydrogens is 641 g/mol. The molecule has 1 unspecified atom stereocenters. The summed E-state index contributed by atoms with van der Waals surface area (Å²) in [5, 5.41) is 2.34. The summed E-state index contributed by atoms with van der Waals surface area (Å²) in [6, 6.07) is -0.749. The van der Waals surface area contributed by atoms with E-state index in [9.17, 15) is 28.4 Å². The van der Waals surface area contributed by atoms with Crippen molar-refractivity contribution in [3.05, 3.63) is 34.5 Å². The number of hydrogen-bond acceptors (Lipinski definition) is 15. The van der Waals surface area contributed by atoms with E-state index in [-0.39, 0.29) is 60.7 Å². The summed E-state index contributed by atoms with van der Waals surface area (Å²) in [6.07, 6.45) is -1.15. The Morgan fingerprint density at radius 2 is 1.81 bits per heavy atom. The molecule has 3 aromatic rings. The van der Waals surface area contributed by atoms with Gasteiger partial charge in [0.2, 0.25) is 0 Å². The van der Waals surface area contributed by atoms with Gasteiger partial charge in [-0.1, -0.05) is 27.7 Å². The summed E-state index contributed by atoms with van der Waals surface area (Å²) >= 11 is 0. The fourth-order valence-electron chi connectivity index (χ4n) is 5.38. The van der Waals surface area contributed by atoms with Crippen molar-refractivity contribution in [3.63, 3.8) is 0 Å². The van der Waals surface area contributed by atoms with Crippen molar-refractivity contribution < 1.29 is 56.1 Å². The summed E-state index contributed by atoms with van der Waals surface area (Å²) in [7, 11) is 0. The van der Waals surface area contributed by atoms with E-state index in [0.29, 0.717) is 0 Å². The highest BCUT2D eigenvalue weighted by Crippen LogP contribution is 2.65. The topological polar surface area (TPSA) is 213 Å². The van der Waals surface area contributed by atoms with Crippen LogP contribution in [0.3, 0.4) is 0 Å². The average Bonchev–Trinajstić information content (AvgIpc) is 3.22. The lowest BCUT2D eigenvalue weighted by molar-refractivity contribution is -0.162. The first-order valence-electron chi connectivity index (χ1n) is 15.1. The summed E-state index contributed by atoms with van der Waals surface area (Å²) in [5.74, 6) is -3.66. The number of fused-ring (bicyclic) bond motifs is 2. The number of halogens is 1. The predicted molar refractivity (Wildman–Crippen MR) is 158 cm³/mol. The van der Waals surface area contributed by atoms with Crippen LogP contribution < -0.4 is 11.1 Å². The number of imidazole rings is 1. The van der Waals surface area contributed by atoms with Gasteiger partial charge in [-0.15, -0.1) is 0 Å². The smallest absolute Gasteiger partial charge is 0.462 e. The van der Waals surface area contributed by atoms with E-state index in [1.807, 2.05) is 0 Å². The van der Waals surface area contributed by atoms with Crippen LogP contribution in [0.25, 0.3) is 11.2 Å². The molecule has 4 heterocycles. The largest absolute Gasteiger partial charge is 0.519 e. The third-order valence-electron chi connectivity index (χ3n) is 8.01. The number of esters is 3. The first-order valence-corrected chi connectivity index (χ1v) is 15.1. The number of aromatic nitrogens is 4. The predicted octanol–water partition coefficient (Wildman–Crippen LogP) is 3.13. The Bertz CT molecular complexity index is 1810. The van der Waals surface area contributed by atoms with Crippen molar-refractivity contribution in [1.82, 2.24) is 19.5 Å². The maximum absolute atomic E-state index is 14.8. The highest BCUT2D eigenvalue weighted by Gasteiger charge is 2.81. The van der Waals surface area contributed by atoms with Gasteiger partial charge in [0.15, 0.2) is 40.7 Å². The van der Waals surface area contributed by atoms with Crippen molar-refractivity contribution in [2.75, 3.05) is 18.5 Å². The van der Waals surface area contributed by atoms with Crippen molar-refractivity contribution in [3.8, 4) is 0 Å². The van der Waals surface area contributed by atoms with Gasteiger partial charge < -0.3 is 37.1 Å². The summed E-state index contributed by atoms with van der Waals surface area (Å²) < 4.78 is 53.8. The van der Waals surface area contributed by atoms with Gasteiger partial charge in [0.05, 0.1) is 31.2 Å². The molecule has 2 aliphatic rings. The number of nitrogens with one attached hydrogen (secondary N) is 1. The maximum atomic E-state index is 14.8. The summed E-state index contributed by atoms with van der Waals surface area (Å²) in [5.41, 5.74) is -3.86. The first kappa shape index (κ1) is 34.5. The number of amides is 1. The van der Waals surface area contributed by atoms with Gasteiger partial charge in [-0.3, -0.25) is 19.7 Å². The number of carbonyl (C=O) groups is 4. The van der Waals surface area contributed by atoms with Gasteiger partial charge in [0, 0.05) is 6.42 Å². The van der Waals surface area contributed by atoms with Crippen LogP contribution in [0.4, 0.5) is 15.0 Å². The standard InChI is InChI=1S/C30H36FN5O12/c1-14(2)23(38)43-12-29-11-30(29,47-24(39)15(3)4)18(10-44-29)36-13-32-20-21(33-25(31)35-22(20)36)34-26(40)48-28(6,7)8-19(37)42-9-17-16(5)45-27(41)46-17/h13-15,18H,8-12H2,1-7H3,(H,33,34,35,40)/t18?,29-,30+/m1/s1. The molecule has 17 nitrogen and oxygen atoms in total. The minimum atomic E-state index is -1.40. The van der Waals surface area contributed by atoms with Gasteiger partial charge in [-0.25, -0.2) is 14.6 Å². The molecule has 5 rings (SSSR count). The molecule has 0 radical (unpaired) electrons. The van der Waals surface area contributed by atoms with E-state index in [0.717, 1.165) is 0 Å². The molecule has 0 bridgehead atoms. The Morgan fingerprint density at radius 1 is 1.10 bits per heavy atom. The maximum Gasteiger partial charge on any atom is 0.519 e. The average molecular weight is 678 g/mol. The lowest BCUT2D eigenvalue weighted by atomic mass is 10.1. The minimum absolute atomic E-state index is 0.0108. The van der Waals surface area contributed by atoms with Crippen molar-refractivity contribution in [1.29, 1.82) is 0 Å². The summed E-state index contributed by atoms with van der Waals surface area (Å²) in [6.45, 7) is 10.5. The SMILES string of the molecule is Cc1oc(=O)oc1COC(=O)CC(C)(C)OC(=O)Nc1nc(F)nc2c1ncn2C1CO[C@@]2(COC(=O)C(C)C)C[C@]12OC(=O)C(C)C. The number of ether oxygens (including phenoxy) is 5. The van der Waals surface area contributed by atoms with Crippen molar-refractivity contribution >= 4 is 41.0 Å². The monoisotopic (exact) mass is 677 g/mol. The molecule has 1 aliphatic heterocycles. The zero-order valence-corrected chi connectivity index (χ0v) is 27.4. The number of hydrogen-bond donors (Lipinski definition) is 1. The van der Waals surface area contributed by atoms with Crippen molar-refractivity contribution in [2.45, 2.75) is 90.8 Å². The van der Waals surface area contributed by atoms with Crippen LogP contribution in [-0.4, -0.2) is 73.5 Å². The fraction of sp³-hybridized carbons (Fsp3) is 0.600. The molecule has 1 saturated heterocycles. The Labute approximate surface area is 272 Å². The lowest BCUT2D eigenvalue weighted by Gasteiger charge is -2.25. The van der Waals surface area contributed by atoms with Gasteiger partial charge in [0.25, 0.3) is 0 Å². The highest BCUT2D eigenvalue weighted by molar-refractivity contribution is 5.93. The van der Waals surface area contributed by atoms with E-state index in [1.165, 1.54) is 31.7 Å². The molecule has 48 heavy (non-hydrogen) atoms. The third kappa shape index (κ3) is 6.74. The number of nitrogens with zero attached hydrogens (tertiary/aromatic N) is 4. The Morgan fingerprint density at radius 3 is 2.46 bits per heavy atom. The van der Waals surface area contributed by atoms with Gasteiger partial charge >= 0.3 is 35.9 Å². The van der Waals surface area contributed by atoms with E-state index in [1.54, 1.807) is 27.7 Å². The van der Waals surface area contributed by atoms with Crippen LogP contribution in [-0.2, 0) is 44.7 Å². The van der Waals surface area contributed by atoms with Crippen molar-refractivity contribution in [2.24, 2.45) is 11.8 Å². The summed E-state index contributed by atoms with van der Waals surface area (Å²) in [4.78, 5) is 73.3. The Balaban J connectivity index is 1.31. The van der Waals surface area contributed by atoms with Gasteiger partial charge in [-0.05, 0) is 20.8 Å². The second kappa shape index (κ2) is 12.6. The van der Waals surface area contributed by atoms with Crippen LogP contribution in [0, 0.1) is 24.8 Å². The third-order valence-corrected chi connectivity index (χ3v) is 8.01. The zero-order chi connectivity index (χ0) is 35.2. The molecule has 3 aromatic heterocycles.